The number of amides is 1. The number of aryl methyl sites for hydroxylation is 2. The van der Waals surface area contributed by atoms with Crippen molar-refractivity contribution in [2.24, 2.45) is 5.92 Å². The summed E-state index contributed by atoms with van der Waals surface area (Å²) >= 11 is 0. The molecule has 1 aromatic heterocycles. The molecular weight excluding hydrogens is 462 g/mol. The lowest BCUT2D eigenvalue weighted by molar-refractivity contribution is -0.126. The summed E-state index contributed by atoms with van der Waals surface area (Å²) in [5, 5.41) is 16.4. The van der Waals surface area contributed by atoms with E-state index in [-0.39, 0.29) is 16.7 Å². The fourth-order valence-electron chi connectivity index (χ4n) is 4.38. The third-order valence-corrected chi connectivity index (χ3v) is 8.26. The number of sulfonamides is 1. The zero-order valence-corrected chi connectivity index (χ0v) is 20.8. The van der Waals surface area contributed by atoms with E-state index < -0.39 is 10.0 Å². The van der Waals surface area contributed by atoms with E-state index in [0.717, 1.165) is 29.1 Å². The van der Waals surface area contributed by atoms with Crippen LogP contribution < -0.4 is 5.32 Å². The van der Waals surface area contributed by atoms with Gasteiger partial charge in [-0.2, -0.15) is 14.7 Å². The third-order valence-electron chi connectivity index (χ3n) is 6.35. The predicted octanol–water partition coefficient (Wildman–Crippen LogP) is 3.12. The van der Waals surface area contributed by atoms with Crippen LogP contribution in [0.1, 0.15) is 35.4 Å². The molecule has 9 heteroatoms. The normalized spacial score (nSPS) is 15.0. The van der Waals surface area contributed by atoms with Crippen molar-refractivity contribution in [3.8, 4) is 11.8 Å². The van der Waals surface area contributed by atoms with Gasteiger partial charge in [0, 0.05) is 31.2 Å². The van der Waals surface area contributed by atoms with E-state index >= 15 is 0 Å². The summed E-state index contributed by atoms with van der Waals surface area (Å²) < 4.78 is 29.1. The smallest absolute Gasteiger partial charge is 0.243 e. The van der Waals surface area contributed by atoms with Crippen LogP contribution >= 0.6 is 0 Å². The molecule has 2 aromatic carbocycles. The Kier molecular flexibility index (Phi) is 7.34. The molecule has 182 valence electrons. The molecule has 0 spiro atoms. The molecule has 0 atom stereocenters. The second-order valence-electron chi connectivity index (χ2n) is 8.86. The van der Waals surface area contributed by atoms with Crippen molar-refractivity contribution in [2.75, 3.05) is 19.6 Å². The minimum absolute atomic E-state index is 0.0281. The predicted molar refractivity (Wildman–Crippen MR) is 132 cm³/mol. The highest BCUT2D eigenvalue weighted by atomic mass is 32.2. The van der Waals surface area contributed by atoms with Crippen LogP contribution in [0.3, 0.4) is 0 Å². The van der Waals surface area contributed by atoms with Crippen LogP contribution in [0.2, 0.25) is 0 Å². The Bertz CT molecular complexity index is 1330. The molecule has 0 aliphatic carbocycles. The minimum atomic E-state index is -3.63. The van der Waals surface area contributed by atoms with Gasteiger partial charge < -0.3 is 5.32 Å². The van der Waals surface area contributed by atoms with Gasteiger partial charge in [0.1, 0.15) is 0 Å². The number of nitrogens with zero attached hydrogens (tertiary/aromatic N) is 4. The first kappa shape index (κ1) is 24.6. The largest absolute Gasteiger partial charge is 0.356 e. The molecule has 3 aromatic rings. The number of nitriles is 1. The molecular formula is C26H29N5O3S. The fraction of sp³-hybridized carbons (Fsp3) is 0.346. The van der Waals surface area contributed by atoms with Crippen LogP contribution in [-0.4, -0.2) is 48.0 Å². The number of benzene rings is 2. The first-order valence-corrected chi connectivity index (χ1v) is 13.1. The van der Waals surface area contributed by atoms with Crippen LogP contribution in [0.5, 0.6) is 0 Å². The van der Waals surface area contributed by atoms with Crippen molar-refractivity contribution >= 4 is 15.9 Å². The Morgan fingerprint density at radius 1 is 1.09 bits per heavy atom. The van der Waals surface area contributed by atoms with E-state index in [1.807, 2.05) is 54.9 Å². The Balaban J connectivity index is 1.25. The van der Waals surface area contributed by atoms with Gasteiger partial charge >= 0.3 is 0 Å². The van der Waals surface area contributed by atoms with Gasteiger partial charge in [0.15, 0.2) is 0 Å². The molecule has 1 aliphatic heterocycles. The Morgan fingerprint density at radius 3 is 2.31 bits per heavy atom. The van der Waals surface area contributed by atoms with Crippen molar-refractivity contribution in [1.29, 1.82) is 5.26 Å². The van der Waals surface area contributed by atoms with Gasteiger partial charge in [0.2, 0.25) is 15.9 Å². The van der Waals surface area contributed by atoms with Crippen molar-refractivity contribution < 1.29 is 13.2 Å². The van der Waals surface area contributed by atoms with Gasteiger partial charge in [-0.3, -0.25) is 4.79 Å². The van der Waals surface area contributed by atoms with Gasteiger partial charge in [-0.15, -0.1) is 0 Å². The van der Waals surface area contributed by atoms with Crippen LogP contribution in [0.25, 0.3) is 5.69 Å². The van der Waals surface area contributed by atoms with E-state index in [9.17, 15) is 13.2 Å². The van der Waals surface area contributed by atoms with Gasteiger partial charge in [-0.05, 0) is 81.1 Å². The Morgan fingerprint density at radius 2 is 1.74 bits per heavy atom. The van der Waals surface area contributed by atoms with E-state index in [4.69, 9.17) is 5.26 Å². The lowest BCUT2D eigenvalue weighted by Gasteiger charge is -2.30. The summed E-state index contributed by atoms with van der Waals surface area (Å²) in [6.07, 6.45) is 1.69. The van der Waals surface area contributed by atoms with Crippen molar-refractivity contribution in [3.63, 3.8) is 0 Å². The quantitative estimate of drug-likeness (QED) is 0.546. The number of rotatable bonds is 7. The Hall–Kier alpha value is -3.48. The molecule has 1 saturated heterocycles. The number of hydrogen-bond acceptors (Lipinski definition) is 5. The maximum absolute atomic E-state index is 12.9. The number of hydrogen-bond donors (Lipinski definition) is 1. The minimum Gasteiger partial charge on any atom is -0.356 e. The summed E-state index contributed by atoms with van der Waals surface area (Å²) in [5.74, 6) is -0.226. The SMILES string of the molecule is Cc1cc(C)n(-c2ccc(CCNC(=O)C3CCN(S(=O)(=O)c4ccc(C#N)cc4)CC3)cc2)n1. The molecule has 0 unspecified atom stereocenters. The molecule has 1 aliphatic rings. The molecule has 0 bridgehead atoms. The molecule has 8 nitrogen and oxygen atoms in total. The van der Waals surface area contributed by atoms with Gasteiger partial charge in [0.05, 0.1) is 27.9 Å². The maximum Gasteiger partial charge on any atom is 0.243 e. The number of aromatic nitrogens is 2. The molecule has 35 heavy (non-hydrogen) atoms. The number of carbonyl (C=O) groups excluding carboxylic acids is 1. The summed E-state index contributed by atoms with van der Waals surface area (Å²) in [4.78, 5) is 12.8. The fourth-order valence-corrected chi connectivity index (χ4v) is 5.85. The summed E-state index contributed by atoms with van der Waals surface area (Å²) in [5.41, 5.74) is 4.61. The summed E-state index contributed by atoms with van der Waals surface area (Å²) in [6.45, 7) is 5.12. The molecule has 4 rings (SSSR count). The van der Waals surface area contributed by atoms with Crippen LogP contribution in [0, 0.1) is 31.1 Å². The van der Waals surface area contributed by atoms with Gasteiger partial charge in [-0.1, -0.05) is 12.1 Å². The van der Waals surface area contributed by atoms with Crippen LogP contribution in [0.15, 0.2) is 59.5 Å². The highest BCUT2D eigenvalue weighted by Crippen LogP contribution is 2.24. The highest BCUT2D eigenvalue weighted by molar-refractivity contribution is 7.89. The van der Waals surface area contributed by atoms with E-state index in [2.05, 4.69) is 10.4 Å². The standard InChI is InChI=1S/C26H29N5O3S/c1-19-17-20(2)31(29-19)24-7-3-21(4-8-24)11-14-28-26(32)23-12-15-30(16-13-23)35(33,34)25-9-5-22(18-27)6-10-25/h3-10,17,23H,11-16H2,1-2H3,(H,28,32). The first-order chi connectivity index (χ1) is 16.8. The maximum atomic E-state index is 12.9. The summed E-state index contributed by atoms with van der Waals surface area (Å²) in [7, 11) is -3.63. The van der Waals surface area contributed by atoms with Crippen LogP contribution in [-0.2, 0) is 21.2 Å². The van der Waals surface area contributed by atoms with Gasteiger partial charge in [0.25, 0.3) is 0 Å². The molecule has 2 heterocycles. The third kappa shape index (κ3) is 5.61. The topological polar surface area (TPSA) is 108 Å². The Labute approximate surface area is 206 Å². The molecule has 1 amide bonds. The van der Waals surface area contributed by atoms with E-state index in [1.165, 1.54) is 28.6 Å². The number of piperidine rings is 1. The molecule has 1 fully saturated rings. The number of carbonyl (C=O) groups is 1. The molecule has 0 radical (unpaired) electrons. The molecule has 0 saturated carbocycles. The zero-order valence-electron chi connectivity index (χ0n) is 19.9. The highest BCUT2D eigenvalue weighted by Gasteiger charge is 2.32. The van der Waals surface area contributed by atoms with Crippen molar-refractivity contribution in [2.45, 2.75) is 38.0 Å². The first-order valence-electron chi connectivity index (χ1n) is 11.7. The lowest BCUT2D eigenvalue weighted by Crippen LogP contribution is -2.43. The molecule has 1 N–H and O–H groups in total. The van der Waals surface area contributed by atoms with Crippen LogP contribution in [0.4, 0.5) is 0 Å². The van der Waals surface area contributed by atoms with Gasteiger partial charge in [-0.25, -0.2) is 13.1 Å². The average molecular weight is 492 g/mol. The summed E-state index contributed by atoms with van der Waals surface area (Å²) in [6, 6.07) is 18.1. The zero-order chi connectivity index (χ0) is 25.0. The number of nitrogens with one attached hydrogen (secondary N) is 1. The van der Waals surface area contributed by atoms with E-state index in [0.29, 0.717) is 38.0 Å². The second kappa shape index (κ2) is 10.4. The van der Waals surface area contributed by atoms with E-state index in [1.54, 1.807) is 0 Å². The lowest BCUT2D eigenvalue weighted by atomic mass is 9.97. The monoisotopic (exact) mass is 491 g/mol. The average Bonchev–Trinajstić information content (AvgIpc) is 3.22. The van der Waals surface area contributed by atoms with Crippen molar-refractivity contribution in [3.05, 3.63) is 77.1 Å². The van der Waals surface area contributed by atoms with Crippen molar-refractivity contribution in [1.82, 2.24) is 19.4 Å². The second-order valence-corrected chi connectivity index (χ2v) is 10.8.